The van der Waals surface area contributed by atoms with E-state index in [2.05, 4.69) is 0 Å². The molecule has 1 aromatic rings. The number of hydrogen-bond donors (Lipinski definition) is 0. The molecule has 0 unspecified atom stereocenters. The molecule has 0 aliphatic heterocycles. The standard InChI is InChI=1S/C7H5F3S/c8-7(9,10)4-3-6-2-1-5-11-6/h1-5H/b4-3+. The van der Waals surface area contributed by atoms with Crippen molar-refractivity contribution in [1.29, 1.82) is 0 Å². The maximum Gasteiger partial charge on any atom is 0.409 e. The van der Waals surface area contributed by atoms with Crippen LogP contribution < -0.4 is 0 Å². The van der Waals surface area contributed by atoms with Crippen LogP contribution in [0.1, 0.15) is 4.88 Å². The Morgan fingerprint density at radius 1 is 1.36 bits per heavy atom. The van der Waals surface area contributed by atoms with E-state index in [-0.39, 0.29) is 6.08 Å². The Kier molecular flexibility index (Phi) is 2.34. The summed E-state index contributed by atoms with van der Waals surface area (Å²) in [5.41, 5.74) is 0. The third kappa shape index (κ3) is 3.23. The van der Waals surface area contributed by atoms with Gasteiger partial charge in [0, 0.05) is 11.0 Å². The minimum Gasteiger partial charge on any atom is -0.167 e. The Balaban J connectivity index is 2.63. The number of thiophene rings is 1. The summed E-state index contributed by atoms with van der Waals surface area (Å²) < 4.78 is 34.7. The van der Waals surface area contributed by atoms with Gasteiger partial charge in [-0.1, -0.05) is 6.07 Å². The molecule has 0 nitrogen and oxygen atoms in total. The highest BCUT2D eigenvalue weighted by molar-refractivity contribution is 7.10. The molecule has 0 aromatic carbocycles. The van der Waals surface area contributed by atoms with E-state index in [1.54, 1.807) is 17.5 Å². The zero-order valence-corrected chi connectivity index (χ0v) is 6.25. The largest absolute Gasteiger partial charge is 0.409 e. The van der Waals surface area contributed by atoms with Crippen molar-refractivity contribution in [3.63, 3.8) is 0 Å². The first-order valence-electron chi connectivity index (χ1n) is 2.87. The van der Waals surface area contributed by atoms with Crippen LogP contribution in [0.25, 0.3) is 6.08 Å². The molecule has 0 saturated heterocycles. The molecule has 0 bridgehead atoms. The average Bonchev–Trinajstić information content (AvgIpc) is 2.32. The summed E-state index contributed by atoms with van der Waals surface area (Å²) >= 11 is 1.28. The summed E-state index contributed by atoms with van der Waals surface area (Å²) in [5.74, 6) is 0. The Morgan fingerprint density at radius 3 is 2.55 bits per heavy atom. The van der Waals surface area contributed by atoms with Crippen molar-refractivity contribution in [1.82, 2.24) is 0 Å². The van der Waals surface area contributed by atoms with Crippen LogP contribution in [0, 0.1) is 0 Å². The Bertz CT molecular complexity index is 233. The number of alkyl halides is 3. The van der Waals surface area contributed by atoms with Gasteiger partial charge >= 0.3 is 6.18 Å². The molecule has 0 spiro atoms. The monoisotopic (exact) mass is 178 g/mol. The first kappa shape index (κ1) is 8.33. The maximum absolute atomic E-state index is 11.6. The fourth-order valence-corrected chi connectivity index (χ4v) is 1.18. The molecular formula is C7H5F3S. The zero-order chi connectivity index (χ0) is 8.32. The predicted octanol–water partition coefficient (Wildman–Crippen LogP) is 3.32. The minimum atomic E-state index is -4.20. The van der Waals surface area contributed by atoms with Gasteiger partial charge in [-0.05, 0) is 17.5 Å². The number of allylic oxidation sites excluding steroid dienone is 1. The van der Waals surface area contributed by atoms with E-state index in [9.17, 15) is 13.2 Å². The van der Waals surface area contributed by atoms with Gasteiger partial charge in [-0.25, -0.2) is 0 Å². The van der Waals surface area contributed by atoms with Crippen LogP contribution in [0.3, 0.4) is 0 Å². The molecule has 1 heterocycles. The van der Waals surface area contributed by atoms with E-state index in [0.717, 1.165) is 6.08 Å². The fraction of sp³-hybridized carbons (Fsp3) is 0.143. The molecule has 0 N–H and O–H groups in total. The summed E-state index contributed by atoms with van der Waals surface area (Å²) in [6.07, 6.45) is -2.91. The van der Waals surface area contributed by atoms with Gasteiger partial charge in [0.2, 0.25) is 0 Å². The highest BCUT2D eigenvalue weighted by atomic mass is 32.1. The second-order valence-corrected chi connectivity index (χ2v) is 2.87. The first-order valence-corrected chi connectivity index (χ1v) is 3.75. The van der Waals surface area contributed by atoms with E-state index < -0.39 is 6.18 Å². The molecule has 4 heteroatoms. The van der Waals surface area contributed by atoms with E-state index in [4.69, 9.17) is 0 Å². The van der Waals surface area contributed by atoms with Gasteiger partial charge in [0.25, 0.3) is 0 Å². The third-order valence-electron chi connectivity index (χ3n) is 0.980. The molecule has 60 valence electrons. The molecule has 0 amide bonds. The molecule has 0 radical (unpaired) electrons. The van der Waals surface area contributed by atoms with Gasteiger partial charge in [-0.2, -0.15) is 13.2 Å². The van der Waals surface area contributed by atoms with Gasteiger partial charge in [0.05, 0.1) is 0 Å². The molecule has 0 atom stereocenters. The number of halogens is 3. The van der Waals surface area contributed by atoms with Crippen LogP contribution >= 0.6 is 11.3 Å². The van der Waals surface area contributed by atoms with Crippen LogP contribution in [0.4, 0.5) is 13.2 Å². The highest BCUT2D eigenvalue weighted by Crippen LogP contribution is 2.19. The van der Waals surface area contributed by atoms with Crippen molar-refractivity contribution in [2.75, 3.05) is 0 Å². The van der Waals surface area contributed by atoms with Gasteiger partial charge in [-0.15, -0.1) is 11.3 Å². The molecule has 0 aliphatic rings. The second kappa shape index (κ2) is 3.09. The smallest absolute Gasteiger partial charge is 0.167 e. The lowest BCUT2D eigenvalue weighted by Gasteiger charge is -1.95. The summed E-state index contributed by atoms with van der Waals surface area (Å²) in [6, 6.07) is 3.34. The fourth-order valence-electron chi connectivity index (χ4n) is 0.563. The zero-order valence-electron chi connectivity index (χ0n) is 5.43. The highest BCUT2D eigenvalue weighted by Gasteiger charge is 2.21. The van der Waals surface area contributed by atoms with Crippen molar-refractivity contribution in [2.24, 2.45) is 0 Å². The lowest BCUT2D eigenvalue weighted by molar-refractivity contribution is -0.0790. The molecule has 1 rings (SSSR count). The van der Waals surface area contributed by atoms with Crippen molar-refractivity contribution >= 4 is 17.4 Å². The maximum atomic E-state index is 11.6. The average molecular weight is 178 g/mol. The van der Waals surface area contributed by atoms with Crippen LogP contribution in [0.5, 0.6) is 0 Å². The van der Waals surface area contributed by atoms with Gasteiger partial charge in [-0.3, -0.25) is 0 Å². The van der Waals surface area contributed by atoms with E-state index in [1.165, 1.54) is 11.3 Å². The van der Waals surface area contributed by atoms with Gasteiger partial charge < -0.3 is 0 Å². The van der Waals surface area contributed by atoms with Crippen LogP contribution in [0.15, 0.2) is 23.6 Å². The quantitative estimate of drug-likeness (QED) is 0.618. The molecule has 1 aromatic heterocycles. The minimum absolute atomic E-state index is 0.235. The SMILES string of the molecule is FC(F)(F)/C=C/c1cccs1. The van der Waals surface area contributed by atoms with Crippen LogP contribution in [-0.4, -0.2) is 6.18 Å². The van der Waals surface area contributed by atoms with Gasteiger partial charge in [0.15, 0.2) is 0 Å². The topological polar surface area (TPSA) is 0 Å². The van der Waals surface area contributed by atoms with E-state index in [1.807, 2.05) is 0 Å². The summed E-state index contributed by atoms with van der Waals surface area (Å²) in [4.78, 5) is 0.613. The third-order valence-corrected chi connectivity index (χ3v) is 1.82. The first-order chi connectivity index (χ1) is 5.08. The summed E-state index contributed by atoms with van der Waals surface area (Å²) in [6.45, 7) is 0. The Labute approximate surface area is 66.0 Å². The summed E-state index contributed by atoms with van der Waals surface area (Å²) in [5, 5.41) is 1.73. The van der Waals surface area contributed by atoms with Crippen LogP contribution in [0.2, 0.25) is 0 Å². The second-order valence-electron chi connectivity index (χ2n) is 1.89. The molecular weight excluding hydrogens is 173 g/mol. The summed E-state index contributed by atoms with van der Waals surface area (Å²) in [7, 11) is 0. The lowest BCUT2D eigenvalue weighted by Crippen LogP contribution is -1.99. The molecule has 0 fully saturated rings. The molecule has 0 aliphatic carbocycles. The normalized spacial score (nSPS) is 12.6. The van der Waals surface area contributed by atoms with Gasteiger partial charge in [0.1, 0.15) is 0 Å². The van der Waals surface area contributed by atoms with Crippen molar-refractivity contribution < 1.29 is 13.2 Å². The molecule has 11 heavy (non-hydrogen) atoms. The molecule has 0 saturated carbocycles. The Hall–Kier alpha value is -0.770. The van der Waals surface area contributed by atoms with Crippen LogP contribution in [-0.2, 0) is 0 Å². The van der Waals surface area contributed by atoms with Crippen molar-refractivity contribution in [2.45, 2.75) is 6.18 Å². The number of hydrogen-bond acceptors (Lipinski definition) is 1. The van der Waals surface area contributed by atoms with Crippen molar-refractivity contribution in [3.8, 4) is 0 Å². The van der Waals surface area contributed by atoms with Crippen molar-refractivity contribution in [3.05, 3.63) is 28.5 Å². The number of rotatable bonds is 1. The Morgan fingerprint density at radius 2 is 2.09 bits per heavy atom. The van der Waals surface area contributed by atoms with E-state index in [0.29, 0.717) is 4.88 Å². The van der Waals surface area contributed by atoms with E-state index >= 15 is 0 Å². The lowest BCUT2D eigenvalue weighted by atomic mass is 10.4. The predicted molar refractivity (Wildman–Crippen MR) is 39.4 cm³/mol.